The molecule has 6 nitrogen and oxygen atoms in total. The van der Waals surface area contributed by atoms with Crippen molar-refractivity contribution in [2.24, 2.45) is 0 Å². The van der Waals surface area contributed by atoms with E-state index in [2.05, 4.69) is 0 Å². The fraction of sp³-hybridized carbons (Fsp3) is 0. The van der Waals surface area contributed by atoms with Crippen molar-refractivity contribution in [3.63, 3.8) is 0 Å². The van der Waals surface area contributed by atoms with E-state index in [1.54, 1.807) is 0 Å². The quantitative estimate of drug-likeness (QED) is 0.496. The summed E-state index contributed by atoms with van der Waals surface area (Å²) in [5.41, 5.74) is 0. The summed E-state index contributed by atoms with van der Waals surface area (Å²) >= 11 is 18.1. The van der Waals surface area contributed by atoms with Crippen LogP contribution in [0.2, 0.25) is 0 Å². The van der Waals surface area contributed by atoms with Crippen molar-refractivity contribution in [1.29, 1.82) is 0 Å². The number of hydrogen-bond acceptors (Lipinski definition) is 6. The third-order valence-corrected chi connectivity index (χ3v) is 16.1. The van der Waals surface area contributed by atoms with Crippen LogP contribution in [0, 0.1) is 0 Å². The topological polar surface area (TPSA) is 120 Å². The molecule has 0 aliphatic carbocycles. The van der Waals surface area contributed by atoms with Gasteiger partial charge >= 0.3 is 115 Å². The molecular formula is C5H3Cl5NO5Ru. The average molecular weight is 435 g/mol. The van der Waals surface area contributed by atoms with Crippen LogP contribution in [0.25, 0.3) is 0 Å². The van der Waals surface area contributed by atoms with Crippen LogP contribution in [0.15, 0.2) is 0 Å². The number of carbonyl (C=O) groups excluding carboxylic acids is 5. The predicted octanol–water partition coefficient (Wildman–Crippen LogP) is 4.63. The summed E-state index contributed by atoms with van der Waals surface area (Å²) in [6.45, 7) is 0. The van der Waals surface area contributed by atoms with Crippen molar-refractivity contribution in [2.45, 2.75) is 0 Å². The van der Waals surface area contributed by atoms with Gasteiger partial charge in [0.15, 0.2) is 0 Å². The molecule has 0 saturated heterocycles. The molecule has 3 N–H and O–H groups in total. The second-order valence-electron chi connectivity index (χ2n) is 1.96. The van der Waals surface area contributed by atoms with Crippen molar-refractivity contribution in [1.82, 2.24) is 6.15 Å². The molecule has 0 saturated carbocycles. The van der Waals surface area contributed by atoms with Gasteiger partial charge in [0.25, 0.3) is 0 Å². The van der Waals surface area contributed by atoms with Crippen LogP contribution in [-0.2, 0) is 13.6 Å². The Morgan fingerprint density at radius 3 is 0.647 bits per heavy atom. The van der Waals surface area contributed by atoms with Gasteiger partial charge in [0.05, 0.1) is 0 Å². The van der Waals surface area contributed by atoms with E-state index in [4.69, 9.17) is 58.0 Å². The Labute approximate surface area is 120 Å². The van der Waals surface area contributed by atoms with Crippen molar-refractivity contribution < 1.29 is 37.6 Å². The van der Waals surface area contributed by atoms with E-state index >= 15 is 0 Å². The standard InChI is InChI=1S/5CClO.H3N.Ru/c5*2-1-3;;/h;;;;;1H3;. The molecule has 0 fully saturated rings. The van der Waals surface area contributed by atoms with Gasteiger partial charge in [-0.2, -0.15) is 0 Å². The molecule has 0 aliphatic rings. The summed E-state index contributed by atoms with van der Waals surface area (Å²) in [4.78, 5) is 55.9. The van der Waals surface area contributed by atoms with Crippen molar-refractivity contribution in [3.05, 3.63) is 0 Å². The molecule has 0 rings (SSSR count). The molecule has 12 heteroatoms. The zero-order valence-corrected chi connectivity index (χ0v) is 13.0. The Hall–Kier alpha value is 0.383. The summed E-state index contributed by atoms with van der Waals surface area (Å²) in [5, 5.41) is 0. The Morgan fingerprint density at radius 1 is 0.529 bits per heavy atom. The summed E-state index contributed by atoms with van der Waals surface area (Å²) in [7, 11) is 0. The van der Waals surface area contributed by atoms with E-state index < -0.39 is 32.8 Å². The monoisotopic (exact) mass is 434 g/mol. The van der Waals surface area contributed by atoms with Crippen molar-refractivity contribution >= 4 is 77.2 Å². The van der Waals surface area contributed by atoms with Gasteiger partial charge in [-0.25, -0.2) is 0 Å². The van der Waals surface area contributed by atoms with Crippen molar-refractivity contribution in [2.75, 3.05) is 0 Å². The second-order valence-corrected chi connectivity index (χ2v) is 14.5. The van der Waals surface area contributed by atoms with E-state index in [1.807, 2.05) is 0 Å². The second kappa shape index (κ2) is 6.02. The maximum absolute atomic E-state index is 11.2. The SMILES string of the molecule is N.O=[C](Cl)[Ru]([C](=O)Cl)([C](=O)Cl)([C](=O)Cl)[C](=O)Cl. The van der Waals surface area contributed by atoms with Crippen LogP contribution in [0.3, 0.4) is 0 Å². The first kappa shape index (κ1) is 19.7. The molecule has 17 heavy (non-hydrogen) atoms. The molecule has 0 aromatic heterocycles. The number of hydrogen-bond donors (Lipinski definition) is 1. The fourth-order valence-electron chi connectivity index (χ4n) is 0.546. The average Bonchev–Trinajstić information content (AvgIpc) is 2.00. The van der Waals surface area contributed by atoms with Crippen LogP contribution in [-0.4, -0.2) is 19.2 Å². The first-order valence-corrected chi connectivity index (χ1v) is 9.08. The molecule has 0 amide bonds. The van der Waals surface area contributed by atoms with Gasteiger partial charge in [-0.3, -0.25) is 0 Å². The van der Waals surface area contributed by atoms with Gasteiger partial charge in [-0.15, -0.1) is 0 Å². The molecule has 0 spiro atoms. The van der Waals surface area contributed by atoms with E-state index in [-0.39, 0.29) is 6.15 Å². The van der Waals surface area contributed by atoms with Gasteiger partial charge in [0.2, 0.25) is 0 Å². The summed E-state index contributed by atoms with van der Waals surface area (Å²) in [5.74, 6) is 0. The van der Waals surface area contributed by atoms with Gasteiger partial charge < -0.3 is 6.15 Å². The zero-order chi connectivity index (χ0) is 13.3. The van der Waals surface area contributed by atoms with E-state index in [0.29, 0.717) is 0 Å². The summed E-state index contributed by atoms with van der Waals surface area (Å²) < 4.78 is -9.60. The van der Waals surface area contributed by atoms with Crippen LogP contribution >= 0.6 is 58.0 Å². The number of halogens is 5. The third-order valence-electron chi connectivity index (χ3n) is 1.39. The molecule has 0 aromatic rings. The zero-order valence-electron chi connectivity index (χ0n) is 7.49. The summed E-state index contributed by atoms with van der Waals surface area (Å²) in [6.07, 6.45) is 0. The Bertz CT molecular complexity index is 338. The molecule has 0 unspecified atom stereocenters. The van der Waals surface area contributed by atoms with Crippen LogP contribution < -0.4 is 6.15 Å². The minimum absolute atomic E-state index is 0. The molecule has 0 aromatic carbocycles. The normalized spacial score (nSPS) is 12.6. The Balaban J connectivity index is 0. The molecule has 0 heterocycles. The van der Waals surface area contributed by atoms with Crippen LogP contribution in [0.1, 0.15) is 0 Å². The first-order valence-electron chi connectivity index (χ1n) is 2.85. The number of rotatable bonds is 5. The van der Waals surface area contributed by atoms with E-state index in [9.17, 15) is 24.0 Å². The Kier molecular flexibility index (Phi) is 6.98. The van der Waals surface area contributed by atoms with Crippen LogP contribution in [0.4, 0.5) is 24.0 Å². The Morgan fingerprint density at radius 2 is 0.647 bits per heavy atom. The molecule has 0 aliphatic heterocycles. The molecular weight excluding hydrogens is 432 g/mol. The van der Waals surface area contributed by atoms with Gasteiger partial charge in [0, 0.05) is 0 Å². The summed E-state index contributed by atoms with van der Waals surface area (Å²) in [6, 6.07) is 0. The predicted molar refractivity (Wildman–Crippen MR) is 61.3 cm³/mol. The molecule has 0 radical (unpaired) electrons. The number of carbonyl (C=O) groups is 5. The maximum atomic E-state index is 11.2. The van der Waals surface area contributed by atoms with E-state index in [0.717, 1.165) is 0 Å². The van der Waals surface area contributed by atoms with Gasteiger partial charge in [-0.05, 0) is 0 Å². The molecule has 0 bridgehead atoms. The molecule has 0 atom stereocenters. The van der Waals surface area contributed by atoms with E-state index in [1.165, 1.54) is 0 Å². The van der Waals surface area contributed by atoms with Crippen LogP contribution in [0.5, 0.6) is 0 Å². The minimum atomic E-state index is -6.72. The van der Waals surface area contributed by atoms with Gasteiger partial charge in [-0.1, -0.05) is 0 Å². The third kappa shape index (κ3) is 2.08. The first-order chi connectivity index (χ1) is 7.06. The van der Waals surface area contributed by atoms with Crippen molar-refractivity contribution in [3.8, 4) is 0 Å². The molecule has 101 valence electrons. The fourth-order valence-corrected chi connectivity index (χ4v) is 12.4. The van der Waals surface area contributed by atoms with Gasteiger partial charge in [0.1, 0.15) is 0 Å².